The molecule has 0 bridgehead atoms. The SMILES string of the molecule is CC1=CCC[C@]2(C)CC[C@@H]([C@@]3(CO)CO3)CC12. The van der Waals surface area contributed by atoms with Gasteiger partial charge in [-0.05, 0) is 56.3 Å². The van der Waals surface area contributed by atoms with Crippen LogP contribution < -0.4 is 0 Å². The van der Waals surface area contributed by atoms with Gasteiger partial charge in [0.1, 0.15) is 5.60 Å². The minimum Gasteiger partial charge on any atom is -0.393 e. The van der Waals surface area contributed by atoms with E-state index in [0.29, 0.717) is 11.3 Å². The lowest BCUT2D eigenvalue weighted by molar-refractivity contribution is 0.0291. The molecule has 0 spiro atoms. The molecule has 0 aromatic carbocycles. The fraction of sp³-hybridized carbons (Fsp3) is 0.867. The van der Waals surface area contributed by atoms with Crippen LogP contribution in [0.4, 0.5) is 0 Å². The van der Waals surface area contributed by atoms with Gasteiger partial charge in [0.05, 0.1) is 13.2 Å². The maximum Gasteiger partial charge on any atom is 0.117 e. The first-order valence-corrected chi connectivity index (χ1v) is 7.01. The van der Waals surface area contributed by atoms with Gasteiger partial charge in [0.2, 0.25) is 0 Å². The first-order valence-electron chi connectivity index (χ1n) is 7.01. The Morgan fingerprint density at radius 3 is 2.88 bits per heavy atom. The normalized spacial score (nSPS) is 49.5. The van der Waals surface area contributed by atoms with Crippen molar-refractivity contribution in [3.05, 3.63) is 11.6 Å². The number of aliphatic hydroxyl groups excluding tert-OH is 1. The summed E-state index contributed by atoms with van der Waals surface area (Å²) < 4.78 is 5.56. The quantitative estimate of drug-likeness (QED) is 0.590. The highest BCUT2D eigenvalue weighted by molar-refractivity contribution is 5.16. The highest BCUT2D eigenvalue weighted by atomic mass is 16.6. The van der Waals surface area contributed by atoms with Gasteiger partial charge in [0.15, 0.2) is 0 Å². The number of hydrogen-bond donors (Lipinski definition) is 1. The first-order chi connectivity index (χ1) is 8.10. The van der Waals surface area contributed by atoms with Gasteiger partial charge < -0.3 is 9.84 Å². The lowest BCUT2D eigenvalue weighted by atomic mass is 9.56. The smallest absolute Gasteiger partial charge is 0.117 e. The summed E-state index contributed by atoms with van der Waals surface area (Å²) >= 11 is 0. The average Bonchev–Trinajstić information content (AvgIpc) is 3.09. The van der Waals surface area contributed by atoms with Gasteiger partial charge >= 0.3 is 0 Å². The molecular formula is C15H24O2. The topological polar surface area (TPSA) is 32.8 Å². The van der Waals surface area contributed by atoms with Crippen molar-refractivity contribution in [2.75, 3.05) is 13.2 Å². The molecule has 1 N–H and O–H groups in total. The summed E-state index contributed by atoms with van der Waals surface area (Å²) in [5.74, 6) is 1.30. The lowest BCUT2D eigenvalue weighted by Gasteiger charge is -2.48. The van der Waals surface area contributed by atoms with Crippen molar-refractivity contribution in [3.63, 3.8) is 0 Å². The summed E-state index contributed by atoms with van der Waals surface area (Å²) in [5, 5.41) is 9.50. The summed E-state index contributed by atoms with van der Waals surface area (Å²) in [6.07, 6.45) is 8.78. The summed E-state index contributed by atoms with van der Waals surface area (Å²) in [5.41, 5.74) is 1.94. The van der Waals surface area contributed by atoms with Gasteiger partial charge in [0, 0.05) is 0 Å². The van der Waals surface area contributed by atoms with E-state index in [2.05, 4.69) is 19.9 Å². The van der Waals surface area contributed by atoms with Crippen LogP contribution in [0, 0.1) is 17.3 Å². The molecule has 2 aliphatic carbocycles. The number of fused-ring (bicyclic) bond motifs is 1. The van der Waals surface area contributed by atoms with Crippen LogP contribution in [0.5, 0.6) is 0 Å². The second-order valence-corrected chi connectivity index (χ2v) is 6.68. The minimum atomic E-state index is -0.154. The summed E-state index contributed by atoms with van der Waals surface area (Å²) in [6, 6.07) is 0. The first kappa shape index (κ1) is 11.7. The Morgan fingerprint density at radius 1 is 1.47 bits per heavy atom. The van der Waals surface area contributed by atoms with Gasteiger partial charge in [-0.15, -0.1) is 0 Å². The Bertz CT molecular complexity index is 343. The second-order valence-electron chi connectivity index (χ2n) is 6.68. The molecule has 1 saturated carbocycles. The molecule has 0 aromatic rings. The molecular weight excluding hydrogens is 212 g/mol. The molecule has 3 rings (SSSR count). The van der Waals surface area contributed by atoms with Gasteiger partial charge in [-0.2, -0.15) is 0 Å². The predicted molar refractivity (Wildman–Crippen MR) is 67.7 cm³/mol. The van der Waals surface area contributed by atoms with E-state index in [0.717, 1.165) is 12.5 Å². The highest BCUT2D eigenvalue weighted by Gasteiger charge is 2.55. The van der Waals surface area contributed by atoms with Crippen molar-refractivity contribution in [2.24, 2.45) is 17.3 Å². The Kier molecular flexibility index (Phi) is 2.64. The van der Waals surface area contributed by atoms with E-state index in [4.69, 9.17) is 4.74 Å². The van der Waals surface area contributed by atoms with Crippen molar-refractivity contribution in [2.45, 2.75) is 51.6 Å². The maximum atomic E-state index is 9.50. The number of rotatable bonds is 2. The van der Waals surface area contributed by atoms with Crippen molar-refractivity contribution < 1.29 is 9.84 Å². The minimum absolute atomic E-state index is 0.154. The predicted octanol–water partition coefficient (Wildman–Crippen LogP) is 2.91. The Balaban J connectivity index is 1.79. The molecule has 4 atom stereocenters. The summed E-state index contributed by atoms with van der Waals surface area (Å²) in [6.45, 7) is 5.75. The number of hydrogen-bond acceptors (Lipinski definition) is 2. The molecule has 96 valence electrons. The van der Waals surface area contributed by atoms with Crippen LogP contribution in [0.25, 0.3) is 0 Å². The monoisotopic (exact) mass is 236 g/mol. The molecule has 3 aliphatic rings. The van der Waals surface area contributed by atoms with Crippen LogP contribution in [0.2, 0.25) is 0 Å². The van der Waals surface area contributed by atoms with Crippen molar-refractivity contribution in [1.29, 1.82) is 0 Å². The molecule has 2 heteroatoms. The van der Waals surface area contributed by atoms with Gasteiger partial charge in [0.25, 0.3) is 0 Å². The Hall–Kier alpha value is -0.340. The number of epoxide rings is 1. The zero-order chi connectivity index (χ0) is 12.1. The Morgan fingerprint density at radius 2 is 2.24 bits per heavy atom. The van der Waals surface area contributed by atoms with Crippen LogP contribution >= 0.6 is 0 Å². The fourth-order valence-electron chi connectivity index (χ4n) is 4.20. The standard InChI is InChI=1S/C15H24O2/c1-11-4-3-6-14(2)7-5-12(8-13(11)14)15(9-16)10-17-15/h4,12-13,16H,3,5-10H2,1-2H3/t12-,13?,14-,15-/m1/s1. The molecule has 1 unspecified atom stereocenters. The van der Waals surface area contributed by atoms with E-state index in [-0.39, 0.29) is 12.2 Å². The van der Waals surface area contributed by atoms with Crippen molar-refractivity contribution in [3.8, 4) is 0 Å². The lowest BCUT2D eigenvalue weighted by Crippen LogP contribution is -2.42. The number of allylic oxidation sites excluding steroid dienone is 2. The number of aliphatic hydroxyl groups is 1. The van der Waals surface area contributed by atoms with Gasteiger partial charge in [-0.1, -0.05) is 18.6 Å². The van der Waals surface area contributed by atoms with E-state index < -0.39 is 0 Å². The van der Waals surface area contributed by atoms with Crippen LogP contribution in [0.1, 0.15) is 46.0 Å². The van der Waals surface area contributed by atoms with Crippen LogP contribution in [-0.2, 0) is 4.74 Å². The third-order valence-corrected chi connectivity index (χ3v) is 5.68. The molecule has 1 aliphatic heterocycles. The number of ether oxygens (including phenoxy) is 1. The van der Waals surface area contributed by atoms with E-state index in [9.17, 15) is 5.11 Å². The molecule has 1 saturated heterocycles. The van der Waals surface area contributed by atoms with Gasteiger partial charge in [-0.3, -0.25) is 0 Å². The van der Waals surface area contributed by atoms with Crippen molar-refractivity contribution in [1.82, 2.24) is 0 Å². The zero-order valence-electron chi connectivity index (χ0n) is 11.0. The molecule has 2 fully saturated rings. The summed E-state index contributed by atoms with van der Waals surface area (Å²) in [4.78, 5) is 0. The third-order valence-electron chi connectivity index (χ3n) is 5.68. The highest BCUT2D eigenvalue weighted by Crippen LogP contribution is 2.56. The molecule has 1 heterocycles. The Labute approximate surface area is 104 Å². The van der Waals surface area contributed by atoms with Crippen LogP contribution in [0.15, 0.2) is 11.6 Å². The molecule has 0 radical (unpaired) electrons. The van der Waals surface area contributed by atoms with Crippen molar-refractivity contribution >= 4 is 0 Å². The largest absolute Gasteiger partial charge is 0.393 e. The molecule has 2 nitrogen and oxygen atoms in total. The molecule has 0 aromatic heterocycles. The van der Waals surface area contributed by atoms with E-state index in [1.807, 2.05) is 0 Å². The molecule has 17 heavy (non-hydrogen) atoms. The average molecular weight is 236 g/mol. The van der Waals surface area contributed by atoms with E-state index >= 15 is 0 Å². The summed E-state index contributed by atoms with van der Waals surface area (Å²) in [7, 11) is 0. The third kappa shape index (κ3) is 1.77. The van der Waals surface area contributed by atoms with E-state index in [1.54, 1.807) is 5.57 Å². The zero-order valence-corrected chi connectivity index (χ0v) is 11.0. The maximum absolute atomic E-state index is 9.50. The van der Waals surface area contributed by atoms with E-state index in [1.165, 1.54) is 32.1 Å². The van der Waals surface area contributed by atoms with Crippen LogP contribution in [-0.4, -0.2) is 23.9 Å². The van der Waals surface area contributed by atoms with Gasteiger partial charge in [-0.25, -0.2) is 0 Å². The van der Waals surface area contributed by atoms with Crippen LogP contribution in [0.3, 0.4) is 0 Å². The molecule has 0 amide bonds. The fourth-order valence-corrected chi connectivity index (χ4v) is 4.20. The second kappa shape index (κ2) is 3.83.